The molecule has 11 heteroatoms. The molecule has 2 rings (SSSR count). The summed E-state index contributed by atoms with van der Waals surface area (Å²) < 4.78 is 0. The van der Waals surface area contributed by atoms with Crippen molar-refractivity contribution in [2.75, 3.05) is 0 Å². The van der Waals surface area contributed by atoms with E-state index in [1.54, 1.807) is 67.6 Å². The first-order valence-electron chi connectivity index (χ1n) is 13.2. The average molecular weight is 555 g/mol. The first-order chi connectivity index (χ1) is 19.0. The molecule has 2 aromatic carbocycles. The molecule has 2 aromatic rings. The number of hydrogen-bond donors (Lipinski definition) is 6. The molecule has 0 aliphatic heterocycles. The molecule has 40 heavy (non-hydrogen) atoms. The molecule has 0 aliphatic rings. The zero-order chi connectivity index (χ0) is 29.7. The van der Waals surface area contributed by atoms with Gasteiger partial charge in [0.2, 0.25) is 17.7 Å². The van der Waals surface area contributed by atoms with Gasteiger partial charge in [-0.05, 0) is 23.5 Å². The topological polar surface area (TPSA) is 188 Å². The van der Waals surface area contributed by atoms with E-state index in [0.717, 1.165) is 11.1 Å². The molecule has 216 valence electrons. The van der Waals surface area contributed by atoms with Crippen LogP contribution in [0.5, 0.6) is 0 Å². The predicted molar refractivity (Wildman–Crippen MR) is 148 cm³/mol. The summed E-state index contributed by atoms with van der Waals surface area (Å²) in [5, 5.41) is 26.4. The van der Waals surface area contributed by atoms with Crippen LogP contribution >= 0.6 is 0 Å². The summed E-state index contributed by atoms with van der Waals surface area (Å²) in [6.07, 6.45) is 0.226. The highest BCUT2D eigenvalue weighted by Gasteiger charge is 2.33. The normalized spacial score (nSPS) is 14.6. The molecule has 0 spiro atoms. The Morgan fingerprint density at radius 3 is 1.73 bits per heavy atom. The van der Waals surface area contributed by atoms with Crippen molar-refractivity contribution < 1.29 is 34.2 Å². The second-order valence-corrected chi connectivity index (χ2v) is 9.75. The van der Waals surface area contributed by atoms with Crippen molar-refractivity contribution in [1.29, 1.82) is 0 Å². The Labute approximate surface area is 233 Å². The minimum absolute atomic E-state index is 0.0595. The Bertz CT molecular complexity index is 1140. The summed E-state index contributed by atoms with van der Waals surface area (Å²) >= 11 is 0. The van der Waals surface area contributed by atoms with E-state index in [2.05, 4.69) is 16.0 Å². The molecule has 0 saturated carbocycles. The third-order valence-electron chi connectivity index (χ3n) is 6.61. The number of amides is 3. The number of rotatable bonds is 16. The van der Waals surface area contributed by atoms with Gasteiger partial charge in [-0.3, -0.25) is 19.2 Å². The fraction of sp³-hybridized carbons (Fsp3) is 0.414. The fourth-order valence-corrected chi connectivity index (χ4v) is 4.02. The SMILES string of the molecule is CCC(C)C(NC(=O)C(Cc1ccccc1)NC(=O)C(N)CCC(=O)O)C(=O)NC(Cc1ccccc1)C(=O)O. The number of carbonyl (C=O) groups excluding carboxylic acids is 3. The van der Waals surface area contributed by atoms with Gasteiger partial charge in [0.25, 0.3) is 0 Å². The summed E-state index contributed by atoms with van der Waals surface area (Å²) in [5.41, 5.74) is 7.31. The molecule has 0 heterocycles. The Kier molecular flexibility index (Phi) is 12.8. The third kappa shape index (κ3) is 10.5. The molecule has 5 unspecified atom stereocenters. The molecular formula is C29H38N4O7. The van der Waals surface area contributed by atoms with Crippen LogP contribution in [0.2, 0.25) is 0 Å². The lowest BCUT2D eigenvalue weighted by Gasteiger charge is -2.28. The molecule has 0 fully saturated rings. The van der Waals surface area contributed by atoms with Crippen molar-refractivity contribution in [3.8, 4) is 0 Å². The van der Waals surface area contributed by atoms with Gasteiger partial charge < -0.3 is 31.9 Å². The van der Waals surface area contributed by atoms with Gasteiger partial charge in [-0.15, -0.1) is 0 Å². The summed E-state index contributed by atoms with van der Waals surface area (Å²) in [4.78, 5) is 62.3. The van der Waals surface area contributed by atoms with E-state index in [1.807, 2.05) is 6.92 Å². The monoisotopic (exact) mass is 554 g/mol. The van der Waals surface area contributed by atoms with Crippen LogP contribution in [0.3, 0.4) is 0 Å². The molecular weight excluding hydrogens is 516 g/mol. The average Bonchev–Trinajstić information content (AvgIpc) is 2.94. The van der Waals surface area contributed by atoms with Gasteiger partial charge in [0.15, 0.2) is 0 Å². The zero-order valence-corrected chi connectivity index (χ0v) is 22.7. The Morgan fingerprint density at radius 1 is 0.750 bits per heavy atom. The van der Waals surface area contributed by atoms with Crippen molar-refractivity contribution in [3.05, 3.63) is 71.8 Å². The largest absolute Gasteiger partial charge is 0.481 e. The highest BCUT2D eigenvalue weighted by molar-refractivity contribution is 5.94. The second-order valence-electron chi connectivity index (χ2n) is 9.75. The molecule has 0 aromatic heterocycles. The van der Waals surface area contributed by atoms with Crippen LogP contribution in [0.1, 0.15) is 44.2 Å². The Balaban J connectivity index is 2.22. The maximum atomic E-state index is 13.5. The first kappa shape index (κ1) is 32.0. The highest BCUT2D eigenvalue weighted by Crippen LogP contribution is 2.12. The van der Waals surface area contributed by atoms with Crippen LogP contribution in [0.15, 0.2) is 60.7 Å². The molecule has 0 radical (unpaired) electrons. The van der Waals surface area contributed by atoms with E-state index in [1.165, 1.54) is 0 Å². The van der Waals surface area contributed by atoms with Crippen LogP contribution in [0, 0.1) is 5.92 Å². The predicted octanol–water partition coefficient (Wildman–Crippen LogP) is 1.25. The third-order valence-corrected chi connectivity index (χ3v) is 6.61. The summed E-state index contributed by atoms with van der Waals surface area (Å²) in [6, 6.07) is 13.2. The minimum Gasteiger partial charge on any atom is -0.481 e. The van der Waals surface area contributed by atoms with Crippen molar-refractivity contribution in [2.24, 2.45) is 11.7 Å². The summed E-state index contributed by atoms with van der Waals surface area (Å²) in [5.74, 6) is -4.68. The van der Waals surface area contributed by atoms with Crippen LogP contribution in [0.25, 0.3) is 0 Å². The highest BCUT2D eigenvalue weighted by atomic mass is 16.4. The molecule has 0 saturated heterocycles. The second kappa shape index (κ2) is 16.0. The number of benzene rings is 2. The summed E-state index contributed by atoms with van der Waals surface area (Å²) in [6.45, 7) is 3.59. The van der Waals surface area contributed by atoms with Gasteiger partial charge in [-0.25, -0.2) is 4.79 Å². The minimum atomic E-state index is -1.22. The van der Waals surface area contributed by atoms with Crippen molar-refractivity contribution in [3.63, 3.8) is 0 Å². The van der Waals surface area contributed by atoms with Crippen LogP contribution < -0.4 is 21.7 Å². The maximum Gasteiger partial charge on any atom is 0.326 e. The first-order valence-corrected chi connectivity index (χ1v) is 13.2. The van der Waals surface area contributed by atoms with Gasteiger partial charge in [-0.2, -0.15) is 0 Å². The fourth-order valence-electron chi connectivity index (χ4n) is 4.02. The van der Waals surface area contributed by atoms with E-state index in [-0.39, 0.29) is 31.6 Å². The molecule has 0 bridgehead atoms. The Morgan fingerprint density at radius 2 is 1.25 bits per heavy atom. The van der Waals surface area contributed by atoms with Gasteiger partial charge >= 0.3 is 11.9 Å². The van der Waals surface area contributed by atoms with E-state index < -0.39 is 53.8 Å². The molecule has 7 N–H and O–H groups in total. The van der Waals surface area contributed by atoms with E-state index in [4.69, 9.17) is 10.8 Å². The van der Waals surface area contributed by atoms with Crippen molar-refractivity contribution >= 4 is 29.7 Å². The Hall–Kier alpha value is -4.25. The zero-order valence-electron chi connectivity index (χ0n) is 22.7. The lowest BCUT2D eigenvalue weighted by atomic mass is 9.96. The van der Waals surface area contributed by atoms with Crippen LogP contribution in [-0.4, -0.2) is 64.0 Å². The van der Waals surface area contributed by atoms with E-state index in [9.17, 15) is 29.1 Å². The quantitative estimate of drug-likeness (QED) is 0.179. The van der Waals surface area contributed by atoms with E-state index in [0.29, 0.717) is 6.42 Å². The van der Waals surface area contributed by atoms with Gasteiger partial charge in [0.05, 0.1) is 6.04 Å². The maximum absolute atomic E-state index is 13.5. The van der Waals surface area contributed by atoms with Crippen molar-refractivity contribution in [2.45, 2.75) is 70.1 Å². The van der Waals surface area contributed by atoms with E-state index >= 15 is 0 Å². The number of nitrogens with two attached hydrogens (primary N) is 1. The number of nitrogens with one attached hydrogen (secondary N) is 3. The van der Waals surface area contributed by atoms with Crippen molar-refractivity contribution in [1.82, 2.24) is 16.0 Å². The number of carboxylic acids is 2. The molecule has 0 aliphatic carbocycles. The van der Waals surface area contributed by atoms with Crippen LogP contribution in [0.4, 0.5) is 0 Å². The number of aliphatic carboxylic acids is 2. The van der Waals surface area contributed by atoms with Gasteiger partial charge in [0, 0.05) is 19.3 Å². The summed E-state index contributed by atoms with van der Waals surface area (Å²) in [7, 11) is 0. The lowest BCUT2D eigenvalue weighted by Crippen LogP contribution is -2.59. The van der Waals surface area contributed by atoms with Gasteiger partial charge in [0.1, 0.15) is 18.1 Å². The van der Waals surface area contributed by atoms with Crippen LogP contribution in [-0.2, 0) is 36.8 Å². The number of carbonyl (C=O) groups is 5. The van der Waals surface area contributed by atoms with Gasteiger partial charge in [-0.1, -0.05) is 80.9 Å². The molecule has 3 amide bonds. The smallest absolute Gasteiger partial charge is 0.326 e. The standard InChI is InChI=1S/C29H38N4O7/c1-3-18(2)25(28(38)32-23(29(39)40)17-20-12-8-5-9-13-20)33-27(37)22(16-19-10-6-4-7-11-19)31-26(36)21(30)14-15-24(34)35/h4-13,18,21-23,25H,3,14-17,30H2,1-2H3,(H,31,36)(H,32,38)(H,33,37)(H,34,35)(H,39,40). The lowest BCUT2D eigenvalue weighted by molar-refractivity contribution is -0.142. The molecule has 11 nitrogen and oxygen atoms in total. The number of carboxylic acid groups (broad SMARTS) is 2. The number of hydrogen-bond acceptors (Lipinski definition) is 6. The molecule has 5 atom stereocenters.